The van der Waals surface area contributed by atoms with E-state index < -0.39 is 11.9 Å². The van der Waals surface area contributed by atoms with Gasteiger partial charge >= 0.3 is 5.97 Å². The largest absolute Gasteiger partial charge is 0.481 e. The van der Waals surface area contributed by atoms with Crippen LogP contribution >= 0.6 is 0 Å². The minimum atomic E-state index is -0.796. The van der Waals surface area contributed by atoms with E-state index >= 15 is 0 Å². The van der Waals surface area contributed by atoms with Crippen molar-refractivity contribution in [2.75, 3.05) is 0 Å². The second-order valence-electron chi connectivity index (χ2n) is 5.34. The summed E-state index contributed by atoms with van der Waals surface area (Å²) in [6.07, 6.45) is 7.06. The fraction of sp³-hybridized carbons (Fsp3) is 0.500. The minimum Gasteiger partial charge on any atom is -0.481 e. The average Bonchev–Trinajstić information content (AvgIpc) is 3.14. The maximum absolute atomic E-state index is 11.4. The predicted octanol–water partition coefficient (Wildman–Crippen LogP) is 2.13. The van der Waals surface area contributed by atoms with Crippen LogP contribution in [0.5, 0.6) is 0 Å². The maximum Gasteiger partial charge on any atom is 0.307 e. The van der Waals surface area contributed by atoms with Crippen molar-refractivity contribution < 1.29 is 14.4 Å². The number of aliphatic carboxylic acids is 1. The highest BCUT2D eigenvalue weighted by Crippen LogP contribution is 2.44. The second-order valence-corrected chi connectivity index (χ2v) is 5.34. The summed E-state index contributed by atoms with van der Waals surface area (Å²) >= 11 is 0. The maximum atomic E-state index is 11.4. The molecule has 0 saturated heterocycles. The molecule has 1 aliphatic carbocycles. The van der Waals surface area contributed by atoms with E-state index in [2.05, 4.69) is 27.0 Å². The first-order chi connectivity index (χ1) is 10.2. The van der Waals surface area contributed by atoms with Gasteiger partial charge in [-0.3, -0.25) is 9.78 Å². The molecular weight excluding hydrogens is 272 g/mol. The number of nitrogens with zero attached hydrogens (tertiary/aromatic N) is 4. The lowest BCUT2D eigenvalue weighted by atomic mass is 9.96. The highest BCUT2D eigenvalue weighted by molar-refractivity contribution is 5.71. The summed E-state index contributed by atoms with van der Waals surface area (Å²) in [7, 11) is 0. The molecule has 2 aromatic rings. The summed E-state index contributed by atoms with van der Waals surface area (Å²) in [6, 6.07) is 0. The highest BCUT2D eigenvalue weighted by atomic mass is 16.5. The Balaban J connectivity index is 1.87. The lowest BCUT2D eigenvalue weighted by molar-refractivity contribution is -0.142. The summed E-state index contributed by atoms with van der Waals surface area (Å²) in [4.78, 5) is 23.8. The van der Waals surface area contributed by atoms with Crippen molar-refractivity contribution in [3.05, 3.63) is 24.5 Å². The summed E-state index contributed by atoms with van der Waals surface area (Å²) < 4.78 is 5.28. The monoisotopic (exact) mass is 288 g/mol. The van der Waals surface area contributed by atoms with Crippen LogP contribution in [0.3, 0.4) is 0 Å². The Kier molecular flexibility index (Phi) is 3.64. The summed E-state index contributed by atoms with van der Waals surface area (Å²) in [6.45, 7) is 2.07. The summed E-state index contributed by atoms with van der Waals surface area (Å²) in [5, 5.41) is 13.3. The molecule has 21 heavy (non-hydrogen) atoms. The first-order valence-corrected chi connectivity index (χ1v) is 7.01. The number of hydrogen-bond donors (Lipinski definition) is 1. The van der Waals surface area contributed by atoms with Crippen molar-refractivity contribution >= 4 is 5.97 Å². The molecule has 7 nitrogen and oxygen atoms in total. The molecule has 7 heteroatoms. The SMILES string of the molecule is CCC1CC(C(=O)O)C(c2nc(-c3cnccn3)no2)C1. The number of carboxylic acid groups (broad SMARTS) is 1. The molecular formula is C14H16N4O3. The van der Waals surface area contributed by atoms with Crippen LogP contribution in [0.4, 0.5) is 0 Å². The number of carboxylic acids is 1. The van der Waals surface area contributed by atoms with Crippen molar-refractivity contribution in [3.63, 3.8) is 0 Å². The van der Waals surface area contributed by atoms with Gasteiger partial charge in [-0.1, -0.05) is 18.5 Å². The third kappa shape index (κ3) is 2.63. The van der Waals surface area contributed by atoms with E-state index in [0.717, 1.165) is 12.8 Å². The minimum absolute atomic E-state index is 0.217. The van der Waals surface area contributed by atoms with Crippen molar-refractivity contribution in [2.24, 2.45) is 11.8 Å². The Morgan fingerprint density at radius 2 is 2.29 bits per heavy atom. The molecule has 3 rings (SSSR count). The van der Waals surface area contributed by atoms with Gasteiger partial charge in [-0.25, -0.2) is 4.98 Å². The van der Waals surface area contributed by atoms with Crippen LogP contribution in [0.1, 0.15) is 38.0 Å². The Morgan fingerprint density at radius 3 is 2.95 bits per heavy atom. The molecule has 0 spiro atoms. The smallest absolute Gasteiger partial charge is 0.307 e. The van der Waals surface area contributed by atoms with Crippen molar-refractivity contribution in [1.29, 1.82) is 0 Å². The van der Waals surface area contributed by atoms with Gasteiger partial charge in [0.1, 0.15) is 5.69 Å². The van der Waals surface area contributed by atoms with E-state index in [1.807, 2.05) is 0 Å². The first kappa shape index (κ1) is 13.7. The fourth-order valence-corrected chi connectivity index (χ4v) is 2.93. The zero-order valence-electron chi connectivity index (χ0n) is 11.6. The van der Waals surface area contributed by atoms with Crippen LogP contribution in [0.25, 0.3) is 11.5 Å². The molecule has 3 unspecified atom stereocenters. The average molecular weight is 288 g/mol. The van der Waals surface area contributed by atoms with Crippen molar-refractivity contribution in [3.8, 4) is 11.5 Å². The van der Waals surface area contributed by atoms with E-state index in [0.29, 0.717) is 29.7 Å². The molecule has 0 radical (unpaired) electrons. The van der Waals surface area contributed by atoms with Gasteiger partial charge in [0.15, 0.2) is 0 Å². The Labute approximate surface area is 121 Å². The highest BCUT2D eigenvalue weighted by Gasteiger charge is 2.42. The van der Waals surface area contributed by atoms with Gasteiger partial charge in [0.25, 0.3) is 0 Å². The fourth-order valence-electron chi connectivity index (χ4n) is 2.93. The van der Waals surface area contributed by atoms with E-state index in [-0.39, 0.29) is 5.92 Å². The molecule has 2 heterocycles. The van der Waals surface area contributed by atoms with Gasteiger partial charge < -0.3 is 9.63 Å². The number of hydrogen-bond acceptors (Lipinski definition) is 6. The molecule has 3 atom stereocenters. The van der Waals surface area contributed by atoms with Gasteiger partial charge in [0, 0.05) is 12.4 Å². The van der Waals surface area contributed by atoms with Crippen LogP contribution < -0.4 is 0 Å². The van der Waals surface area contributed by atoms with Crippen LogP contribution in [-0.2, 0) is 4.79 Å². The van der Waals surface area contributed by atoms with Gasteiger partial charge in [-0.2, -0.15) is 4.98 Å². The van der Waals surface area contributed by atoms with Gasteiger partial charge in [0.05, 0.1) is 18.0 Å². The summed E-state index contributed by atoms with van der Waals surface area (Å²) in [5.41, 5.74) is 0.518. The lowest BCUT2D eigenvalue weighted by Gasteiger charge is -2.09. The van der Waals surface area contributed by atoms with Gasteiger partial charge in [-0.15, -0.1) is 0 Å². The molecule has 0 amide bonds. The second kappa shape index (κ2) is 5.59. The molecule has 1 fully saturated rings. The van der Waals surface area contributed by atoms with Crippen LogP contribution in [-0.4, -0.2) is 31.2 Å². The van der Waals surface area contributed by atoms with E-state index in [1.54, 1.807) is 18.6 Å². The van der Waals surface area contributed by atoms with Crippen LogP contribution in [0.15, 0.2) is 23.1 Å². The van der Waals surface area contributed by atoms with E-state index in [1.165, 1.54) is 0 Å². The number of carbonyl (C=O) groups is 1. The molecule has 1 aliphatic rings. The van der Waals surface area contributed by atoms with Crippen molar-refractivity contribution in [2.45, 2.75) is 32.1 Å². The number of aromatic nitrogens is 4. The van der Waals surface area contributed by atoms with Crippen LogP contribution in [0, 0.1) is 11.8 Å². The topological polar surface area (TPSA) is 102 Å². The Hall–Kier alpha value is -2.31. The summed E-state index contributed by atoms with van der Waals surface area (Å²) in [5.74, 6) is -0.338. The van der Waals surface area contributed by atoms with Gasteiger partial charge in [0.2, 0.25) is 11.7 Å². The molecule has 0 aliphatic heterocycles. The Bertz CT molecular complexity index is 628. The molecule has 0 bridgehead atoms. The van der Waals surface area contributed by atoms with E-state index in [4.69, 9.17) is 4.52 Å². The standard InChI is InChI=1S/C14H16N4O3/c1-2-8-5-9(10(6-8)14(19)20)13-17-12(18-21-13)11-7-15-3-4-16-11/h3-4,7-10H,2,5-6H2,1H3,(H,19,20). The quantitative estimate of drug-likeness (QED) is 0.919. The predicted molar refractivity (Wildman–Crippen MR) is 72.2 cm³/mol. The van der Waals surface area contributed by atoms with Gasteiger partial charge in [-0.05, 0) is 18.8 Å². The molecule has 2 aromatic heterocycles. The van der Waals surface area contributed by atoms with E-state index in [9.17, 15) is 9.90 Å². The van der Waals surface area contributed by atoms with Crippen molar-refractivity contribution in [1.82, 2.24) is 20.1 Å². The molecule has 1 saturated carbocycles. The lowest BCUT2D eigenvalue weighted by Crippen LogP contribution is -2.17. The molecule has 110 valence electrons. The normalized spacial score (nSPS) is 25.1. The third-order valence-corrected chi connectivity index (χ3v) is 4.11. The molecule has 1 N–H and O–H groups in total. The van der Waals surface area contributed by atoms with Crippen LogP contribution in [0.2, 0.25) is 0 Å². The zero-order valence-corrected chi connectivity index (χ0v) is 11.6. The zero-order chi connectivity index (χ0) is 14.8. The molecule has 0 aromatic carbocycles. The first-order valence-electron chi connectivity index (χ1n) is 7.01. The third-order valence-electron chi connectivity index (χ3n) is 4.11. The Morgan fingerprint density at radius 1 is 1.43 bits per heavy atom. The number of rotatable bonds is 4.